The second-order valence-corrected chi connectivity index (χ2v) is 7.29. The number of Topliss-reactive ketones (excluding diaryl/α,β-unsaturated/α-hetero) is 1. The fraction of sp³-hybridized carbons (Fsp3) is 0.227. The summed E-state index contributed by atoms with van der Waals surface area (Å²) in [5, 5.41) is 10.5. The molecule has 166 valence electrons. The maximum atomic E-state index is 13.1. The van der Waals surface area contributed by atoms with Crippen molar-refractivity contribution in [1.82, 2.24) is 25.4 Å². The molecule has 0 radical (unpaired) electrons. The van der Waals surface area contributed by atoms with E-state index in [-0.39, 0.29) is 24.4 Å². The number of benzene rings is 1. The van der Waals surface area contributed by atoms with Gasteiger partial charge in [0.2, 0.25) is 5.78 Å². The van der Waals surface area contributed by atoms with E-state index in [0.29, 0.717) is 12.4 Å². The first kappa shape index (κ1) is 23.1. The lowest BCUT2D eigenvalue weighted by molar-refractivity contribution is -0.137. The number of carbonyl (C=O) groups is 3. The lowest BCUT2D eigenvalue weighted by Crippen LogP contribution is -2.47. The summed E-state index contributed by atoms with van der Waals surface area (Å²) in [5.74, 6) is -2.15. The molecule has 10 heteroatoms. The van der Waals surface area contributed by atoms with Gasteiger partial charge in [-0.15, -0.1) is 12.4 Å². The average Bonchev–Trinajstić information content (AvgIpc) is 3.23. The minimum atomic E-state index is -1.10. The Balaban J connectivity index is 0.00000289. The highest BCUT2D eigenvalue weighted by molar-refractivity contribution is 6.38. The molecule has 0 saturated carbocycles. The zero-order valence-corrected chi connectivity index (χ0v) is 18.0. The van der Waals surface area contributed by atoms with E-state index < -0.39 is 23.6 Å². The van der Waals surface area contributed by atoms with Gasteiger partial charge in [-0.2, -0.15) is 5.10 Å². The molecule has 9 nitrogen and oxygen atoms in total. The second-order valence-electron chi connectivity index (χ2n) is 7.29. The molecule has 4 N–H and O–H groups in total. The van der Waals surface area contributed by atoms with E-state index in [9.17, 15) is 14.4 Å². The van der Waals surface area contributed by atoms with E-state index >= 15 is 0 Å². The van der Waals surface area contributed by atoms with Crippen molar-refractivity contribution in [3.8, 4) is 5.82 Å². The number of halogens is 1. The van der Waals surface area contributed by atoms with E-state index in [2.05, 4.69) is 20.7 Å². The van der Waals surface area contributed by atoms with E-state index in [0.717, 1.165) is 29.8 Å². The third-order valence-electron chi connectivity index (χ3n) is 5.13. The number of ketones is 1. The van der Waals surface area contributed by atoms with Crippen LogP contribution < -0.4 is 16.4 Å². The molecule has 1 aliphatic rings. The minimum Gasteiger partial charge on any atom is -0.363 e. The number of hydrogen-bond donors (Lipinski definition) is 3. The average molecular weight is 455 g/mol. The molecular formula is C22H23ClN6O3. The van der Waals surface area contributed by atoms with Gasteiger partial charge in [0.15, 0.2) is 5.82 Å². The number of carbonyl (C=O) groups excluding carboxylic acids is 3. The number of aromatic nitrogens is 3. The first-order chi connectivity index (χ1) is 15.0. The third-order valence-corrected chi connectivity index (χ3v) is 5.13. The van der Waals surface area contributed by atoms with Crippen LogP contribution >= 0.6 is 12.4 Å². The van der Waals surface area contributed by atoms with Crippen LogP contribution in [0, 0.1) is 0 Å². The fourth-order valence-electron chi connectivity index (χ4n) is 3.57. The van der Waals surface area contributed by atoms with Crippen LogP contribution in [0.15, 0.2) is 54.9 Å². The largest absolute Gasteiger partial charge is 0.363 e. The standard InChI is InChI=1S/C22H22N6O3.ClH/c23-20(30)19(29)18(11-14-5-2-1-3-6-14)26-22(31)16-7-4-9-25-21(16)28-13-15-12-24-10-8-17(15)27-28;/h1-7,9,13,18,24H,8,10-12H2,(H2,23,30)(H,26,31);1H. The first-order valence-electron chi connectivity index (χ1n) is 9.95. The van der Waals surface area contributed by atoms with Crippen molar-refractivity contribution < 1.29 is 14.4 Å². The van der Waals surface area contributed by atoms with Gasteiger partial charge in [0.1, 0.15) is 6.04 Å². The molecule has 1 aliphatic heterocycles. The number of fused-ring (bicyclic) bond motifs is 1. The van der Waals surface area contributed by atoms with E-state index in [1.54, 1.807) is 23.0 Å². The van der Waals surface area contributed by atoms with Crippen LogP contribution in [-0.4, -0.2) is 44.9 Å². The van der Waals surface area contributed by atoms with Crippen molar-refractivity contribution in [2.45, 2.75) is 25.4 Å². The molecule has 0 aliphatic carbocycles. The van der Waals surface area contributed by atoms with Gasteiger partial charge in [-0.25, -0.2) is 9.67 Å². The second kappa shape index (κ2) is 10.2. The molecule has 1 unspecified atom stereocenters. The molecule has 3 aromatic rings. The molecule has 2 amide bonds. The van der Waals surface area contributed by atoms with Gasteiger partial charge in [0.25, 0.3) is 11.8 Å². The van der Waals surface area contributed by atoms with Crippen LogP contribution in [0.4, 0.5) is 0 Å². The van der Waals surface area contributed by atoms with Gasteiger partial charge in [0, 0.05) is 43.9 Å². The van der Waals surface area contributed by atoms with Crippen LogP contribution in [-0.2, 0) is 29.0 Å². The summed E-state index contributed by atoms with van der Waals surface area (Å²) in [6.45, 7) is 1.55. The van der Waals surface area contributed by atoms with Crippen molar-refractivity contribution in [2.75, 3.05) is 6.54 Å². The number of primary amides is 1. The molecule has 0 saturated heterocycles. The van der Waals surface area contributed by atoms with Crippen molar-refractivity contribution in [2.24, 2.45) is 5.73 Å². The summed E-state index contributed by atoms with van der Waals surface area (Å²) in [6, 6.07) is 11.2. The zero-order valence-electron chi connectivity index (χ0n) is 17.2. The number of rotatable bonds is 7. The third kappa shape index (κ3) is 5.01. The summed E-state index contributed by atoms with van der Waals surface area (Å²) in [6.07, 6.45) is 4.35. The summed E-state index contributed by atoms with van der Waals surface area (Å²) in [4.78, 5) is 41.3. The molecule has 2 aromatic heterocycles. The summed E-state index contributed by atoms with van der Waals surface area (Å²) < 4.78 is 1.58. The van der Waals surface area contributed by atoms with Crippen LogP contribution in [0.2, 0.25) is 0 Å². The Morgan fingerprint density at radius 3 is 2.66 bits per heavy atom. The maximum absolute atomic E-state index is 13.1. The first-order valence-corrected chi connectivity index (χ1v) is 9.95. The van der Waals surface area contributed by atoms with Crippen molar-refractivity contribution >= 4 is 30.0 Å². The van der Waals surface area contributed by atoms with Crippen molar-refractivity contribution in [1.29, 1.82) is 0 Å². The van der Waals surface area contributed by atoms with Crippen LogP contribution in [0.25, 0.3) is 5.82 Å². The molecule has 1 aromatic carbocycles. The van der Waals surface area contributed by atoms with Crippen LogP contribution in [0.3, 0.4) is 0 Å². The van der Waals surface area contributed by atoms with Gasteiger partial charge in [-0.1, -0.05) is 30.3 Å². The Hall–Kier alpha value is -3.56. The highest BCUT2D eigenvalue weighted by atomic mass is 35.5. The summed E-state index contributed by atoms with van der Waals surface area (Å²) in [7, 11) is 0. The maximum Gasteiger partial charge on any atom is 0.287 e. The normalized spacial score (nSPS) is 13.4. The number of nitrogens with zero attached hydrogens (tertiary/aromatic N) is 3. The molecule has 0 bridgehead atoms. The molecule has 0 fully saturated rings. The quantitative estimate of drug-likeness (QED) is 0.451. The Bertz CT molecular complexity index is 1110. The molecule has 4 rings (SSSR count). The van der Waals surface area contributed by atoms with Gasteiger partial charge in [-0.3, -0.25) is 14.4 Å². The zero-order chi connectivity index (χ0) is 21.8. The Morgan fingerprint density at radius 1 is 1.16 bits per heavy atom. The molecular weight excluding hydrogens is 432 g/mol. The lowest BCUT2D eigenvalue weighted by Gasteiger charge is -2.17. The van der Waals surface area contributed by atoms with E-state index in [4.69, 9.17) is 5.73 Å². The van der Waals surface area contributed by atoms with E-state index in [1.807, 2.05) is 36.5 Å². The van der Waals surface area contributed by atoms with E-state index in [1.165, 1.54) is 0 Å². The Morgan fingerprint density at radius 2 is 1.94 bits per heavy atom. The Labute approximate surface area is 190 Å². The number of nitrogens with two attached hydrogens (primary N) is 1. The fourth-order valence-corrected chi connectivity index (χ4v) is 3.57. The predicted octanol–water partition coefficient (Wildman–Crippen LogP) is 0.730. The predicted molar refractivity (Wildman–Crippen MR) is 120 cm³/mol. The van der Waals surface area contributed by atoms with Gasteiger partial charge < -0.3 is 16.4 Å². The molecule has 1 atom stereocenters. The number of amides is 2. The number of pyridine rings is 1. The smallest absolute Gasteiger partial charge is 0.287 e. The highest BCUT2D eigenvalue weighted by Crippen LogP contribution is 2.17. The SMILES string of the molecule is Cl.NC(=O)C(=O)C(Cc1ccccc1)NC(=O)c1cccnc1-n1cc2c(n1)CCNC2. The summed E-state index contributed by atoms with van der Waals surface area (Å²) in [5.41, 5.74) is 8.25. The molecule has 3 heterocycles. The van der Waals surface area contributed by atoms with Gasteiger partial charge >= 0.3 is 0 Å². The van der Waals surface area contributed by atoms with Crippen molar-refractivity contribution in [3.05, 3.63) is 77.2 Å². The number of hydrogen-bond acceptors (Lipinski definition) is 6. The number of nitrogens with one attached hydrogen (secondary N) is 2. The van der Waals surface area contributed by atoms with Gasteiger partial charge in [-0.05, 0) is 17.7 Å². The Kier molecular flexibility index (Phi) is 7.34. The minimum absolute atomic E-state index is 0. The summed E-state index contributed by atoms with van der Waals surface area (Å²) >= 11 is 0. The monoisotopic (exact) mass is 454 g/mol. The molecule has 0 spiro atoms. The van der Waals surface area contributed by atoms with Crippen LogP contribution in [0.1, 0.15) is 27.2 Å². The lowest BCUT2D eigenvalue weighted by atomic mass is 10.0. The van der Waals surface area contributed by atoms with Gasteiger partial charge in [0.05, 0.1) is 11.3 Å². The highest BCUT2D eigenvalue weighted by Gasteiger charge is 2.27. The van der Waals surface area contributed by atoms with Crippen LogP contribution in [0.5, 0.6) is 0 Å². The topological polar surface area (TPSA) is 132 Å². The van der Waals surface area contributed by atoms with Crippen molar-refractivity contribution in [3.63, 3.8) is 0 Å². The molecule has 32 heavy (non-hydrogen) atoms.